The lowest BCUT2D eigenvalue weighted by molar-refractivity contribution is -0.274. The topological polar surface area (TPSA) is 94.3 Å². The first kappa shape index (κ1) is 32.1. The molecule has 3 heterocycles. The first-order chi connectivity index (χ1) is 22.4. The molecule has 47 heavy (non-hydrogen) atoms. The lowest BCUT2D eigenvalue weighted by Gasteiger charge is -2.35. The van der Waals surface area contributed by atoms with Crippen LogP contribution in [0.25, 0.3) is 11.4 Å². The summed E-state index contributed by atoms with van der Waals surface area (Å²) in [6.45, 7) is 3.72. The third-order valence-corrected chi connectivity index (χ3v) is 8.62. The number of fused-ring (bicyclic) bond motifs is 1. The fourth-order valence-corrected chi connectivity index (χ4v) is 5.77. The van der Waals surface area contributed by atoms with Crippen LogP contribution in [0.2, 0.25) is 10.0 Å². The number of amides is 1. The van der Waals surface area contributed by atoms with E-state index in [1.165, 1.54) is 34.9 Å². The lowest BCUT2D eigenvalue weighted by Crippen LogP contribution is -2.46. The third kappa shape index (κ3) is 6.84. The molecule has 3 aromatic carbocycles. The highest BCUT2D eigenvalue weighted by molar-refractivity contribution is 6.42. The third-order valence-electron chi connectivity index (χ3n) is 7.88. The smallest absolute Gasteiger partial charge is 0.406 e. The number of hydrogen-bond donors (Lipinski definition) is 1. The van der Waals surface area contributed by atoms with Crippen LogP contribution in [-0.2, 0) is 13.0 Å². The molecular formula is C33H27Cl2F3N6O3. The van der Waals surface area contributed by atoms with Crippen LogP contribution in [0.3, 0.4) is 0 Å². The van der Waals surface area contributed by atoms with Gasteiger partial charge in [-0.15, -0.1) is 13.2 Å². The van der Waals surface area contributed by atoms with Crippen LogP contribution in [0, 0.1) is 0 Å². The summed E-state index contributed by atoms with van der Waals surface area (Å²) in [6.07, 6.45) is -1.09. The van der Waals surface area contributed by atoms with Gasteiger partial charge in [-0.2, -0.15) is 5.10 Å². The monoisotopic (exact) mass is 682 g/mol. The van der Waals surface area contributed by atoms with E-state index in [1.54, 1.807) is 59.2 Å². The maximum Gasteiger partial charge on any atom is 0.573 e. The maximum atomic E-state index is 14.2. The summed E-state index contributed by atoms with van der Waals surface area (Å²) in [5.74, 6) is -0.443. The van der Waals surface area contributed by atoms with Gasteiger partial charge in [0.1, 0.15) is 5.75 Å². The number of ether oxygens (including phenoxy) is 1. The fourth-order valence-electron chi connectivity index (χ4n) is 5.47. The van der Waals surface area contributed by atoms with Crippen molar-refractivity contribution in [3.8, 4) is 17.1 Å². The van der Waals surface area contributed by atoms with Gasteiger partial charge in [-0.25, -0.2) is 14.2 Å². The highest BCUT2D eigenvalue weighted by Gasteiger charge is 2.33. The van der Waals surface area contributed by atoms with Crippen molar-refractivity contribution < 1.29 is 22.7 Å². The summed E-state index contributed by atoms with van der Waals surface area (Å²) in [5, 5.41) is 8.09. The van der Waals surface area contributed by atoms with Gasteiger partial charge < -0.3 is 15.0 Å². The van der Waals surface area contributed by atoms with Crippen molar-refractivity contribution in [1.29, 1.82) is 0 Å². The van der Waals surface area contributed by atoms with E-state index in [9.17, 15) is 22.8 Å². The summed E-state index contributed by atoms with van der Waals surface area (Å²) in [6, 6.07) is 18.3. The van der Waals surface area contributed by atoms with Crippen LogP contribution in [0.15, 0.2) is 90.0 Å². The zero-order valence-electron chi connectivity index (χ0n) is 25.0. The van der Waals surface area contributed by atoms with E-state index in [1.807, 2.05) is 19.1 Å². The number of carbonyl (C=O) groups is 1. The molecule has 1 aliphatic heterocycles. The Hall–Kier alpha value is -4.81. The minimum atomic E-state index is -4.81. The number of nitrogens with zero attached hydrogens (tertiary/aromatic N) is 5. The lowest BCUT2D eigenvalue weighted by atomic mass is 9.98. The number of rotatable bonds is 7. The van der Waals surface area contributed by atoms with Gasteiger partial charge in [-0.3, -0.25) is 9.59 Å². The number of halogens is 5. The Balaban J connectivity index is 1.38. The van der Waals surface area contributed by atoms with E-state index in [-0.39, 0.29) is 47.2 Å². The quantitative estimate of drug-likeness (QED) is 0.193. The first-order valence-corrected chi connectivity index (χ1v) is 15.3. The van der Waals surface area contributed by atoms with Crippen LogP contribution >= 0.6 is 23.2 Å². The molecule has 1 aliphatic rings. The predicted octanol–water partition coefficient (Wildman–Crippen LogP) is 7.38. The fraction of sp³-hybridized carbons (Fsp3) is 0.212. The number of nitrogens with one attached hydrogen (secondary N) is 1. The molecule has 1 amide bonds. The largest absolute Gasteiger partial charge is 0.573 e. The Kier molecular flexibility index (Phi) is 8.73. The number of anilines is 1. The number of benzene rings is 3. The van der Waals surface area contributed by atoms with Gasteiger partial charge >= 0.3 is 6.36 Å². The van der Waals surface area contributed by atoms with Crippen molar-refractivity contribution in [3.05, 3.63) is 128 Å². The van der Waals surface area contributed by atoms with Crippen molar-refractivity contribution in [2.24, 2.45) is 0 Å². The Labute approximate surface area is 277 Å². The van der Waals surface area contributed by atoms with Crippen LogP contribution in [0.1, 0.15) is 47.1 Å². The Morgan fingerprint density at radius 3 is 2.36 bits per heavy atom. The van der Waals surface area contributed by atoms with Crippen LogP contribution in [0.4, 0.5) is 19.1 Å². The molecule has 1 N–H and O–H groups in total. The molecule has 0 unspecified atom stereocenters. The molecule has 2 atom stereocenters. The highest BCUT2D eigenvalue weighted by atomic mass is 35.5. The predicted molar refractivity (Wildman–Crippen MR) is 172 cm³/mol. The van der Waals surface area contributed by atoms with Crippen molar-refractivity contribution >= 4 is 35.1 Å². The summed E-state index contributed by atoms with van der Waals surface area (Å²) in [7, 11) is 0. The molecule has 0 aliphatic carbocycles. The van der Waals surface area contributed by atoms with Gasteiger partial charge in [-0.1, -0.05) is 35.3 Å². The number of hydrogen-bond acceptors (Lipinski definition) is 6. The molecule has 0 spiro atoms. The van der Waals surface area contributed by atoms with Gasteiger partial charge in [0.2, 0.25) is 5.95 Å². The Morgan fingerprint density at radius 1 is 1.02 bits per heavy atom. The average Bonchev–Trinajstić information content (AvgIpc) is 3.57. The minimum Gasteiger partial charge on any atom is -0.406 e. The second-order valence-corrected chi connectivity index (χ2v) is 11.9. The van der Waals surface area contributed by atoms with E-state index in [0.717, 1.165) is 5.69 Å². The normalized spacial score (nSPS) is 15.2. The molecule has 9 nitrogen and oxygen atoms in total. The molecule has 0 fully saturated rings. The van der Waals surface area contributed by atoms with Crippen LogP contribution in [-0.4, -0.2) is 42.5 Å². The molecule has 14 heteroatoms. The zero-order valence-corrected chi connectivity index (χ0v) is 26.5. The molecule has 6 rings (SSSR count). The summed E-state index contributed by atoms with van der Waals surface area (Å²) >= 11 is 12.2. The Morgan fingerprint density at radius 2 is 1.72 bits per heavy atom. The van der Waals surface area contributed by atoms with Crippen LogP contribution < -0.4 is 15.6 Å². The van der Waals surface area contributed by atoms with Gasteiger partial charge in [0.05, 0.1) is 39.7 Å². The standard InChI is InChI=1S/C33H27Cl2F3N6O3/c1-19-16-26-29(18-42(19)30(45)22-6-13-27(34)28(35)17-22)41-32(40-20(2)21-4-11-25(12-5-21)47-33(36,37)38)44(31(26)46)24-9-7-23(8-10-24)43-15-3-14-39-43/h3-15,17,19-20H,16,18H2,1-2H3,(H,40,41)/t19-,20+/m1/s1. The van der Waals surface area contributed by atoms with E-state index in [2.05, 4.69) is 15.2 Å². The first-order valence-electron chi connectivity index (χ1n) is 14.5. The second kappa shape index (κ2) is 12.8. The summed E-state index contributed by atoms with van der Waals surface area (Å²) in [4.78, 5) is 34.3. The number of aromatic nitrogens is 4. The molecule has 0 saturated heterocycles. The molecule has 5 aromatic rings. The molecular weight excluding hydrogens is 656 g/mol. The van der Waals surface area contributed by atoms with Crippen molar-refractivity contribution in [1.82, 2.24) is 24.2 Å². The van der Waals surface area contributed by atoms with Gasteiger partial charge in [0.15, 0.2) is 0 Å². The van der Waals surface area contributed by atoms with E-state index >= 15 is 0 Å². The summed E-state index contributed by atoms with van der Waals surface area (Å²) < 4.78 is 45.2. The number of carbonyl (C=O) groups excluding carboxylic acids is 1. The second-order valence-electron chi connectivity index (χ2n) is 11.1. The highest BCUT2D eigenvalue weighted by Crippen LogP contribution is 2.30. The van der Waals surface area contributed by atoms with Crippen molar-refractivity contribution in [2.75, 3.05) is 5.32 Å². The molecule has 0 saturated carbocycles. The van der Waals surface area contributed by atoms with Crippen molar-refractivity contribution in [2.45, 2.75) is 45.3 Å². The molecule has 2 aromatic heterocycles. The van der Waals surface area contributed by atoms with Gasteiger partial charge in [0, 0.05) is 29.6 Å². The van der Waals surface area contributed by atoms with Gasteiger partial charge in [-0.05, 0) is 86.5 Å². The maximum absolute atomic E-state index is 14.2. The zero-order chi connectivity index (χ0) is 33.5. The van der Waals surface area contributed by atoms with E-state index < -0.39 is 12.4 Å². The summed E-state index contributed by atoms with van der Waals surface area (Å²) in [5.41, 5.74) is 2.88. The van der Waals surface area contributed by atoms with E-state index in [4.69, 9.17) is 28.2 Å². The minimum absolute atomic E-state index is 0.0659. The number of alkyl halides is 3. The van der Waals surface area contributed by atoms with E-state index in [0.29, 0.717) is 33.1 Å². The van der Waals surface area contributed by atoms with Crippen molar-refractivity contribution in [3.63, 3.8) is 0 Å². The molecule has 242 valence electrons. The average molecular weight is 684 g/mol. The Bertz CT molecular complexity index is 1980. The van der Waals surface area contributed by atoms with Crippen LogP contribution in [0.5, 0.6) is 5.75 Å². The van der Waals surface area contributed by atoms with Gasteiger partial charge in [0.25, 0.3) is 11.5 Å². The molecule has 0 bridgehead atoms. The molecule has 0 radical (unpaired) electrons. The SMILES string of the molecule is C[C@H](Nc1nc2c(c(=O)n1-c1ccc(-n3cccn3)cc1)C[C@@H](C)N(C(=O)c1ccc(Cl)c(Cl)c1)C2)c1ccc(OC(F)(F)F)cc1.